The van der Waals surface area contributed by atoms with E-state index in [1.807, 2.05) is 0 Å². The van der Waals surface area contributed by atoms with Crippen LogP contribution in [0.2, 0.25) is 0 Å². The fraction of sp³-hybridized carbons (Fsp3) is 0.167. The van der Waals surface area contributed by atoms with Gasteiger partial charge in [0.25, 0.3) is 0 Å². The number of amides is 1. The summed E-state index contributed by atoms with van der Waals surface area (Å²) in [6.45, 7) is -0.0567. The number of carbonyl (C=O) groups is 1. The zero-order valence-corrected chi connectivity index (χ0v) is 13.3. The molecule has 0 saturated heterocycles. The lowest BCUT2D eigenvalue weighted by Gasteiger charge is -2.18. The lowest BCUT2D eigenvalue weighted by Crippen LogP contribution is -2.25. The second-order valence-corrected chi connectivity index (χ2v) is 5.23. The van der Waals surface area contributed by atoms with Crippen molar-refractivity contribution in [2.24, 2.45) is 0 Å². The zero-order valence-electron chi connectivity index (χ0n) is 13.3. The van der Waals surface area contributed by atoms with Crippen molar-refractivity contribution < 1.29 is 27.1 Å². The molecule has 0 aliphatic heterocycles. The molecule has 2 aromatic rings. The highest BCUT2D eigenvalue weighted by molar-refractivity contribution is 5.91. The van der Waals surface area contributed by atoms with Crippen LogP contribution >= 0.6 is 0 Å². The Morgan fingerprint density at radius 1 is 1.12 bits per heavy atom. The minimum Gasteiger partial charge on any atom is -0.405 e. The summed E-state index contributed by atoms with van der Waals surface area (Å²) in [6, 6.07) is 11.2. The summed E-state index contributed by atoms with van der Waals surface area (Å²) in [4.78, 5) is 13.3. The van der Waals surface area contributed by atoms with E-state index in [4.69, 9.17) is 0 Å². The van der Waals surface area contributed by atoms with Crippen molar-refractivity contribution >= 4 is 12.0 Å². The first-order valence-electron chi connectivity index (χ1n) is 7.27. The van der Waals surface area contributed by atoms with Crippen molar-refractivity contribution in [1.29, 1.82) is 0 Å². The number of nitrogens with zero attached hydrogens (tertiary/aromatic N) is 1. The molecule has 1 amide bonds. The average molecular weight is 353 g/mol. The molecule has 0 N–H and O–H groups in total. The topological polar surface area (TPSA) is 29.5 Å². The van der Waals surface area contributed by atoms with Gasteiger partial charge in [-0.25, -0.2) is 4.39 Å². The van der Waals surface area contributed by atoms with Crippen molar-refractivity contribution in [3.8, 4) is 5.75 Å². The molecule has 3 nitrogen and oxygen atoms in total. The maximum absolute atomic E-state index is 12.8. The Morgan fingerprint density at radius 3 is 2.40 bits per heavy atom. The fourth-order valence-corrected chi connectivity index (χ4v) is 2.06. The SMILES string of the molecule is CN(Cc1ccccc1OC(F)(F)F)C(=O)/C=C/c1ccc(F)cc1. The molecule has 0 fully saturated rings. The summed E-state index contributed by atoms with van der Waals surface area (Å²) in [5, 5.41) is 0. The van der Waals surface area contributed by atoms with Crippen molar-refractivity contribution in [2.75, 3.05) is 7.05 Å². The van der Waals surface area contributed by atoms with Crippen molar-refractivity contribution in [3.05, 3.63) is 71.6 Å². The molecular weight excluding hydrogens is 338 g/mol. The van der Waals surface area contributed by atoms with Crippen molar-refractivity contribution in [2.45, 2.75) is 12.9 Å². The maximum atomic E-state index is 12.8. The summed E-state index contributed by atoms with van der Waals surface area (Å²) < 4.78 is 54.0. The summed E-state index contributed by atoms with van der Waals surface area (Å²) in [6.07, 6.45) is -2.04. The van der Waals surface area contributed by atoms with Crippen LogP contribution in [0.3, 0.4) is 0 Å². The highest BCUT2D eigenvalue weighted by Gasteiger charge is 2.32. The van der Waals surface area contributed by atoms with Crippen molar-refractivity contribution in [1.82, 2.24) is 4.90 Å². The Balaban J connectivity index is 2.05. The molecule has 0 aliphatic carbocycles. The molecule has 0 heterocycles. The lowest BCUT2D eigenvalue weighted by atomic mass is 10.2. The first kappa shape index (κ1) is 18.5. The second-order valence-electron chi connectivity index (χ2n) is 5.23. The van der Waals surface area contributed by atoms with Crippen LogP contribution in [0.5, 0.6) is 5.75 Å². The van der Waals surface area contributed by atoms with Gasteiger partial charge in [-0.3, -0.25) is 4.79 Å². The quantitative estimate of drug-likeness (QED) is 0.589. The van der Waals surface area contributed by atoms with Crippen LogP contribution in [0.4, 0.5) is 17.6 Å². The first-order valence-corrected chi connectivity index (χ1v) is 7.27. The van der Waals surface area contributed by atoms with E-state index < -0.39 is 12.3 Å². The third-order valence-electron chi connectivity index (χ3n) is 3.27. The zero-order chi connectivity index (χ0) is 18.4. The van der Waals surface area contributed by atoms with Gasteiger partial charge in [0.2, 0.25) is 5.91 Å². The minimum absolute atomic E-state index is 0.0567. The van der Waals surface area contributed by atoms with Crippen LogP contribution in [0.15, 0.2) is 54.6 Å². The number of benzene rings is 2. The second kappa shape index (κ2) is 7.83. The van der Waals surface area contributed by atoms with E-state index in [1.165, 1.54) is 66.6 Å². The van der Waals surface area contributed by atoms with Gasteiger partial charge in [-0.05, 0) is 29.8 Å². The molecule has 0 unspecified atom stereocenters. The summed E-state index contributed by atoms with van der Waals surface area (Å²) in [7, 11) is 1.46. The number of alkyl halides is 3. The predicted molar refractivity (Wildman–Crippen MR) is 85.0 cm³/mol. The van der Waals surface area contributed by atoms with Gasteiger partial charge < -0.3 is 9.64 Å². The number of likely N-dealkylation sites (N-methyl/N-ethyl adjacent to an activating group) is 1. The molecule has 0 radical (unpaired) electrons. The highest BCUT2D eigenvalue weighted by atomic mass is 19.4. The standard InChI is InChI=1S/C18H15F4NO2/c1-23(17(24)11-8-13-6-9-15(19)10-7-13)12-14-4-2-3-5-16(14)25-18(20,21)22/h2-11H,12H2,1H3/b11-8+. The van der Waals surface area contributed by atoms with Gasteiger partial charge in [-0.2, -0.15) is 0 Å². The third kappa shape index (κ3) is 5.95. The number of carbonyl (C=O) groups excluding carboxylic acids is 1. The molecule has 0 bridgehead atoms. The highest BCUT2D eigenvalue weighted by Crippen LogP contribution is 2.27. The van der Waals surface area contributed by atoms with Gasteiger partial charge in [-0.1, -0.05) is 30.3 Å². The summed E-state index contributed by atoms with van der Waals surface area (Å²) >= 11 is 0. The van der Waals surface area contributed by atoms with Gasteiger partial charge in [0.1, 0.15) is 11.6 Å². The number of rotatable bonds is 5. The summed E-state index contributed by atoms with van der Waals surface area (Å²) in [5.74, 6) is -1.15. The van der Waals surface area contributed by atoms with E-state index in [-0.39, 0.29) is 23.7 Å². The minimum atomic E-state index is -4.80. The van der Waals surface area contributed by atoms with E-state index in [0.717, 1.165) is 0 Å². The van der Waals surface area contributed by atoms with Crippen LogP contribution in [0.25, 0.3) is 6.08 Å². The maximum Gasteiger partial charge on any atom is 0.573 e. The number of ether oxygens (including phenoxy) is 1. The van der Waals surface area contributed by atoms with E-state index in [1.54, 1.807) is 6.07 Å². The van der Waals surface area contributed by atoms with Gasteiger partial charge in [0.15, 0.2) is 0 Å². The van der Waals surface area contributed by atoms with Gasteiger partial charge in [0.05, 0.1) is 0 Å². The number of hydrogen-bond donors (Lipinski definition) is 0. The normalized spacial score (nSPS) is 11.6. The molecule has 132 valence electrons. The molecule has 2 rings (SSSR count). The number of para-hydroxylation sites is 1. The Hall–Kier alpha value is -2.83. The molecular formula is C18H15F4NO2. The van der Waals surface area contributed by atoms with Crippen LogP contribution in [-0.4, -0.2) is 24.2 Å². The van der Waals surface area contributed by atoms with Gasteiger partial charge in [-0.15, -0.1) is 13.2 Å². The van der Waals surface area contributed by atoms with Crippen molar-refractivity contribution in [3.63, 3.8) is 0 Å². The molecule has 7 heteroatoms. The number of hydrogen-bond acceptors (Lipinski definition) is 2. The van der Waals surface area contributed by atoms with E-state index in [9.17, 15) is 22.4 Å². The monoisotopic (exact) mass is 353 g/mol. The molecule has 2 aromatic carbocycles. The van der Waals surface area contributed by atoms with Crippen LogP contribution in [0.1, 0.15) is 11.1 Å². The largest absolute Gasteiger partial charge is 0.573 e. The van der Waals surface area contributed by atoms with Crippen LogP contribution in [-0.2, 0) is 11.3 Å². The molecule has 0 atom stereocenters. The molecule has 0 aliphatic rings. The van der Waals surface area contributed by atoms with E-state index in [0.29, 0.717) is 5.56 Å². The van der Waals surface area contributed by atoms with E-state index in [2.05, 4.69) is 4.74 Å². The smallest absolute Gasteiger partial charge is 0.405 e. The van der Waals surface area contributed by atoms with E-state index >= 15 is 0 Å². The third-order valence-corrected chi connectivity index (χ3v) is 3.27. The molecule has 25 heavy (non-hydrogen) atoms. The van der Waals surface area contributed by atoms with Gasteiger partial charge >= 0.3 is 6.36 Å². The summed E-state index contributed by atoms with van der Waals surface area (Å²) in [5.41, 5.74) is 0.856. The average Bonchev–Trinajstić information content (AvgIpc) is 2.54. The lowest BCUT2D eigenvalue weighted by molar-refractivity contribution is -0.275. The predicted octanol–water partition coefficient (Wildman–Crippen LogP) is 4.40. The number of halogens is 4. The Labute approximate surface area is 142 Å². The first-order chi connectivity index (χ1) is 11.7. The Kier molecular flexibility index (Phi) is 5.80. The molecule has 0 aromatic heterocycles. The molecule has 0 saturated carbocycles. The Bertz CT molecular complexity index is 754. The Morgan fingerprint density at radius 2 is 1.76 bits per heavy atom. The van der Waals surface area contributed by atoms with Gasteiger partial charge in [0, 0.05) is 25.2 Å². The van der Waals surface area contributed by atoms with Crippen LogP contribution in [0, 0.1) is 5.82 Å². The molecule has 0 spiro atoms. The van der Waals surface area contributed by atoms with Crippen LogP contribution < -0.4 is 4.74 Å². The fourth-order valence-electron chi connectivity index (χ4n) is 2.06.